The van der Waals surface area contributed by atoms with Crippen LogP contribution >= 0.6 is 0 Å². The average molecular weight is 253 g/mol. The summed E-state index contributed by atoms with van der Waals surface area (Å²) in [4.78, 5) is 8.29. The van der Waals surface area contributed by atoms with Gasteiger partial charge in [0.05, 0.1) is 11.4 Å². The van der Waals surface area contributed by atoms with Crippen LogP contribution in [0.5, 0.6) is 0 Å². The van der Waals surface area contributed by atoms with Crippen LogP contribution in [-0.2, 0) is 0 Å². The van der Waals surface area contributed by atoms with Gasteiger partial charge >= 0.3 is 0 Å². The number of rotatable bonds is 2. The lowest BCUT2D eigenvalue weighted by atomic mass is 10.1. The lowest BCUT2D eigenvalue weighted by Gasteiger charge is -2.05. The van der Waals surface area contributed by atoms with Crippen LogP contribution in [0, 0.1) is 6.92 Å². The number of anilines is 1. The molecule has 7 nitrogen and oxygen atoms in total. The maximum atomic E-state index is 5.67. The molecule has 0 spiro atoms. The van der Waals surface area contributed by atoms with Gasteiger partial charge in [-0.15, -0.1) is 5.10 Å². The third kappa shape index (κ3) is 2.25. The van der Waals surface area contributed by atoms with Crippen molar-refractivity contribution >= 4 is 5.95 Å². The Hall–Kier alpha value is -2.83. The summed E-state index contributed by atoms with van der Waals surface area (Å²) in [6.45, 7) is 1.88. The standard InChI is InChI=1S/C12H11N7/c1-8-5-11(16-12(13)15-8)9-3-2-4-10(6-9)19-7-14-17-18-19/h2-7H,1H3,(H2,13,15,16). The molecule has 2 aromatic heterocycles. The molecule has 0 aliphatic carbocycles. The molecule has 19 heavy (non-hydrogen) atoms. The van der Waals surface area contributed by atoms with E-state index in [1.54, 1.807) is 11.0 Å². The summed E-state index contributed by atoms with van der Waals surface area (Å²) in [5, 5.41) is 11.1. The van der Waals surface area contributed by atoms with Gasteiger partial charge in [0.2, 0.25) is 5.95 Å². The number of nitrogens with two attached hydrogens (primary N) is 1. The van der Waals surface area contributed by atoms with Gasteiger partial charge in [-0.1, -0.05) is 12.1 Å². The molecule has 0 aliphatic rings. The van der Waals surface area contributed by atoms with Crippen molar-refractivity contribution in [3.8, 4) is 16.9 Å². The van der Waals surface area contributed by atoms with E-state index >= 15 is 0 Å². The Morgan fingerprint density at radius 3 is 2.79 bits per heavy atom. The molecule has 0 saturated carbocycles. The number of nitrogens with zero attached hydrogens (tertiary/aromatic N) is 6. The first-order valence-corrected chi connectivity index (χ1v) is 5.67. The zero-order valence-electron chi connectivity index (χ0n) is 10.2. The Balaban J connectivity index is 2.08. The van der Waals surface area contributed by atoms with Crippen molar-refractivity contribution in [3.63, 3.8) is 0 Å². The number of tetrazole rings is 1. The zero-order chi connectivity index (χ0) is 13.2. The van der Waals surface area contributed by atoms with E-state index in [0.717, 1.165) is 22.6 Å². The number of nitrogen functional groups attached to an aromatic ring is 1. The molecule has 3 aromatic rings. The van der Waals surface area contributed by atoms with Gasteiger partial charge in [0.1, 0.15) is 6.33 Å². The number of hydrogen-bond donors (Lipinski definition) is 1. The minimum Gasteiger partial charge on any atom is -0.368 e. The van der Waals surface area contributed by atoms with Gasteiger partial charge in [-0.3, -0.25) is 0 Å². The van der Waals surface area contributed by atoms with Crippen molar-refractivity contribution in [2.24, 2.45) is 0 Å². The van der Waals surface area contributed by atoms with Crippen LogP contribution in [-0.4, -0.2) is 30.2 Å². The lowest BCUT2D eigenvalue weighted by Crippen LogP contribution is -1.99. The van der Waals surface area contributed by atoms with Gasteiger partial charge in [-0.25, -0.2) is 14.6 Å². The molecule has 0 saturated heterocycles. The molecule has 0 radical (unpaired) electrons. The lowest BCUT2D eigenvalue weighted by molar-refractivity contribution is 0.789. The van der Waals surface area contributed by atoms with Crippen LogP contribution in [0.1, 0.15) is 5.69 Å². The van der Waals surface area contributed by atoms with Gasteiger partial charge in [0, 0.05) is 11.3 Å². The summed E-state index contributed by atoms with van der Waals surface area (Å²) in [6.07, 6.45) is 1.54. The van der Waals surface area contributed by atoms with Crippen LogP contribution in [0.25, 0.3) is 16.9 Å². The fourth-order valence-corrected chi connectivity index (χ4v) is 1.83. The maximum absolute atomic E-state index is 5.67. The molecule has 1 aromatic carbocycles. The van der Waals surface area contributed by atoms with E-state index in [4.69, 9.17) is 5.73 Å². The summed E-state index contributed by atoms with van der Waals surface area (Å²) in [5.41, 5.74) is 9.07. The fraction of sp³-hybridized carbons (Fsp3) is 0.0833. The fourth-order valence-electron chi connectivity index (χ4n) is 1.83. The van der Waals surface area contributed by atoms with Gasteiger partial charge in [0.15, 0.2) is 0 Å². The molecule has 2 N–H and O–H groups in total. The molecule has 7 heteroatoms. The van der Waals surface area contributed by atoms with Crippen LogP contribution in [0.2, 0.25) is 0 Å². The monoisotopic (exact) mass is 253 g/mol. The largest absolute Gasteiger partial charge is 0.368 e. The molecule has 0 amide bonds. The molecule has 3 rings (SSSR count). The molecule has 94 valence electrons. The first kappa shape index (κ1) is 11.3. The van der Waals surface area contributed by atoms with E-state index < -0.39 is 0 Å². The minimum atomic E-state index is 0.267. The number of aromatic nitrogens is 6. The highest BCUT2D eigenvalue weighted by Crippen LogP contribution is 2.20. The Morgan fingerprint density at radius 2 is 2.05 bits per heavy atom. The molecule has 0 unspecified atom stereocenters. The van der Waals surface area contributed by atoms with E-state index in [2.05, 4.69) is 25.5 Å². The highest BCUT2D eigenvalue weighted by atomic mass is 15.5. The van der Waals surface area contributed by atoms with E-state index in [1.165, 1.54) is 0 Å². The van der Waals surface area contributed by atoms with Crippen LogP contribution in [0.3, 0.4) is 0 Å². The summed E-state index contributed by atoms with van der Waals surface area (Å²) in [7, 11) is 0. The van der Waals surface area contributed by atoms with Gasteiger partial charge < -0.3 is 5.73 Å². The highest BCUT2D eigenvalue weighted by molar-refractivity contribution is 5.63. The third-order valence-corrected chi connectivity index (χ3v) is 2.63. The van der Waals surface area contributed by atoms with E-state index in [1.807, 2.05) is 37.3 Å². The molecule has 0 bridgehead atoms. The number of benzene rings is 1. The van der Waals surface area contributed by atoms with Crippen LogP contribution < -0.4 is 5.73 Å². The number of hydrogen-bond acceptors (Lipinski definition) is 6. The van der Waals surface area contributed by atoms with Crippen molar-refractivity contribution in [2.45, 2.75) is 6.92 Å². The van der Waals surface area contributed by atoms with Crippen molar-refractivity contribution in [2.75, 3.05) is 5.73 Å². The minimum absolute atomic E-state index is 0.267. The topological polar surface area (TPSA) is 95.4 Å². The smallest absolute Gasteiger partial charge is 0.220 e. The van der Waals surface area contributed by atoms with Crippen LogP contribution in [0.15, 0.2) is 36.7 Å². The van der Waals surface area contributed by atoms with Gasteiger partial charge in [0.25, 0.3) is 0 Å². The quantitative estimate of drug-likeness (QED) is 0.732. The maximum Gasteiger partial charge on any atom is 0.220 e. The second kappa shape index (κ2) is 4.45. The predicted molar refractivity (Wildman–Crippen MR) is 69.3 cm³/mol. The van der Waals surface area contributed by atoms with Crippen molar-refractivity contribution in [1.29, 1.82) is 0 Å². The Labute approximate surface area is 109 Å². The van der Waals surface area contributed by atoms with Crippen molar-refractivity contribution in [1.82, 2.24) is 30.2 Å². The summed E-state index contributed by atoms with van der Waals surface area (Å²) < 4.78 is 1.58. The van der Waals surface area contributed by atoms with E-state index in [-0.39, 0.29) is 5.95 Å². The summed E-state index contributed by atoms with van der Waals surface area (Å²) in [5.74, 6) is 0.267. The number of aryl methyl sites for hydroxylation is 1. The predicted octanol–water partition coefficient (Wildman–Crippen LogP) is 1.01. The van der Waals surface area contributed by atoms with Gasteiger partial charge in [-0.05, 0) is 35.5 Å². The normalized spacial score (nSPS) is 10.6. The van der Waals surface area contributed by atoms with E-state index in [9.17, 15) is 0 Å². The molecule has 2 heterocycles. The summed E-state index contributed by atoms with van der Waals surface area (Å²) >= 11 is 0. The third-order valence-electron chi connectivity index (χ3n) is 2.63. The molecule has 0 aliphatic heterocycles. The molecular weight excluding hydrogens is 242 g/mol. The Morgan fingerprint density at radius 1 is 1.16 bits per heavy atom. The summed E-state index contributed by atoms with van der Waals surface area (Å²) in [6, 6.07) is 9.61. The first-order valence-electron chi connectivity index (χ1n) is 5.67. The molecule has 0 fully saturated rings. The zero-order valence-corrected chi connectivity index (χ0v) is 10.2. The second-order valence-corrected chi connectivity index (χ2v) is 4.06. The molecule has 0 atom stereocenters. The van der Waals surface area contributed by atoms with Crippen molar-refractivity contribution < 1.29 is 0 Å². The van der Waals surface area contributed by atoms with Crippen LogP contribution in [0.4, 0.5) is 5.95 Å². The average Bonchev–Trinajstić information content (AvgIpc) is 2.92. The van der Waals surface area contributed by atoms with E-state index in [0.29, 0.717) is 0 Å². The Kier molecular flexibility index (Phi) is 2.64. The second-order valence-electron chi connectivity index (χ2n) is 4.06. The molecular formula is C12H11N7. The van der Waals surface area contributed by atoms with Crippen molar-refractivity contribution in [3.05, 3.63) is 42.4 Å². The Bertz CT molecular complexity index is 686. The SMILES string of the molecule is Cc1cc(-c2cccc(-n3cnnn3)c2)nc(N)n1. The van der Waals surface area contributed by atoms with Gasteiger partial charge in [-0.2, -0.15) is 0 Å². The first-order chi connectivity index (χ1) is 9.22. The highest BCUT2D eigenvalue weighted by Gasteiger charge is 2.05.